The van der Waals surface area contributed by atoms with Gasteiger partial charge in [0, 0.05) is 11.6 Å². The summed E-state index contributed by atoms with van der Waals surface area (Å²) in [6.07, 6.45) is 1.47. The van der Waals surface area contributed by atoms with Gasteiger partial charge in [0.15, 0.2) is 0 Å². The maximum atomic E-state index is 12.7. The Labute approximate surface area is 153 Å². The summed E-state index contributed by atoms with van der Waals surface area (Å²) in [5.41, 5.74) is 3.14. The first kappa shape index (κ1) is 16.4. The molecule has 1 fully saturated rings. The number of benzene rings is 3. The van der Waals surface area contributed by atoms with Gasteiger partial charge in [-0.2, -0.15) is 0 Å². The van der Waals surface area contributed by atoms with Gasteiger partial charge in [0.25, 0.3) is 5.91 Å². The summed E-state index contributed by atoms with van der Waals surface area (Å²) in [7, 11) is 0. The minimum Gasteiger partial charge on any atom is -0.476 e. The van der Waals surface area contributed by atoms with Crippen LogP contribution in [0.4, 0.5) is 0 Å². The van der Waals surface area contributed by atoms with Gasteiger partial charge in [-0.05, 0) is 36.1 Å². The maximum absolute atomic E-state index is 12.7. The zero-order valence-corrected chi connectivity index (χ0v) is 14.5. The van der Waals surface area contributed by atoms with Crippen molar-refractivity contribution in [3.05, 3.63) is 90.5 Å². The molecule has 1 aliphatic carbocycles. The fourth-order valence-corrected chi connectivity index (χ4v) is 2.90. The van der Waals surface area contributed by atoms with Gasteiger partial charge in [-0.25, -0.2) is 0 Å². The third-order valence-corrected chi connectivity index (χ3v) is 4.48. The van der Waals surface area contributed by atoms with Crippen molar-refractivity contribution in [1.29, 1.82) is 0 Å². The fourth-order valence-electron chi connectivity index (χ4n) is 2.90. The van der Waals surface area contributed by atoms with Crippen molar-refractivity contribution in [3.8, 4) is 16.9 Å². The Balaban J connectivity index is 1.54. The van der Waals surface area contributed by atoms with Gasteiger partial charge in [0.1, 0.15) is 5.75 Å². The quantitative estimate of drug-likeness (QED) is 0.701. The van der Waals surface area contributed by atoms with Crippen molar-refractivity contribution in [1.82, 2.24) is 5.32 Å². The molecule has 26 heavy (non-hydrogen) atoms. The first-order valence-corrected chi connectivity index (χ1v) is 8.97. The van der Waals surface area contributed by atoms with E-state index >= 15 is 0 Å². The van der Waals surface area contributed by atoms with Crippen molar-refractivity contribution in [3.63, 3.8) is 0 Å². The number of amides is 1. The number of hydrogen-bond acceptors (Lipinski definition) is 2. The summed E-state index contributed by atoms with van der Waals surface area (Å²) in [5, 5.41) is 3.05. The van der Waals surface area contributed by atoms with Gasteiger partial charge >= 0.3 is 0 Å². The highest BCUT2D eigenvalue weighted by molar-refractivity contribution is 5.83. The van der Waals surface area contributed by atoms with Crippen LogP contribution >= 0.6 is 0 Å². The Kier molecular flexibility index (Phi) is 4.69. The van der Waals surface area contributed by atoms with Crippen molar-refractivity contribution >= 4 is 5.91 Å². The molecular weight excluding hydrogens is 322 g/mol. The monoisotopic (exact) mass is 343 g/mol. The first-order valence-electron chi connectivity index (χ1n) is 8.97. The Morgan fingerprint density at radius 1 is 0.808 bits per heavy atom. The van der Waals surface area contributed by atoms with Crippen molar-refractivity contribution < 1.29 is 9.53 Å². The number of nitrogens with one attached hydrogen (secondary N) is 1. The third kappa shape index (κ3) is 3.94. The summed E-state index contributed by atoms with van der Waals surface area (Å²) in [5.74, 6) is 0.607. The van der Waals surface area contributed by atoms with Crippen LogP contribution in [0.25, 0.3) is 11.1 Å². The van der Waals surface area contributed by atoms with E-state index in [1.807, 2.05) is 72.8 Å². The van der Waals surface area contributed by atoms with Crippen LogP contribution < -0.4 is 10.1 Å². The van der Waals surface area contributed by atoms with E-state index in [-0.39, 0.29) is 5.91 Å². The molecule has 3 nitrogen and oxygen atoms in total. The summed E-state index contributed by atoms with van der Waals surface area (Å²) in [4.78, 5) is 12.7. The van der Waals surface area contributed by atoms with Crippen LogP contribution in [0, 0.1) is 0 Å². The molecule has 1 N–H and O–H groups in total. The van der Waals surface area contributed by atoms with E-state index in [4.69, 9.17) is 4.74 Å². The molecule has 3 aromatic rings. The number of carbonyl (C=O) groups is 1. The molecule has 0 aromatic heterocycles. The second-order valence-corrected chi connectivity index (χ2v) is 6.58. The van der Waals surface area contributed by atoms with Gasteiger partial charge in [-0.15, -0.1) is 0 Å². The first-order chi connectivity index (χ1) is 12.8. The second kappa shape index (κ2) is 7.44. The topological polar surface area (TPSA) is 38.3 Å². The lowest BCUT2D eigenvalue weighted by Crippen LogP contribution is -2.33. The van der Waals surface area contributed by atoms with E-state index in [1.54, 1.807) is 0 Å². The molecule has 1 aliphatic rings. The Hall–Kier alpha value is -3.07. The van der Waals surface area contributed by atoms with Gasteiger partial charge < -0.3 is 10.1 Å². The molecular formula is C23H21NO2. The van der Waals surface area contributed by atoms with Gasteiger partial charge in [-0.3, -0.25) is 4.79 Å². The van der Waals surface area contributed by atoms with Crippen LogP contribution in [-0.4, -0.2) is 11.9 Å². The van der Waals surface area contributed by atoms with E-state index in [0.29, 0.717) is 11.8 Å². The minimum absolute atomic E-state index is 0.0779. The highest BCUT2D eigenvalue weighted by atomic mass is 16.5. The Bertz CT molecular complexity index is 856. The van der Waals surface area contributed by atoms with Crippen LogP contribution in [-0.2, 0) is 4.79 Å². The molecule has 0 spiro atoms. The highest BCUT2D eigenvalue weighted by Crippen LogP contribution is 2.27. The Morgan fingerprint density at radius 3 is 2.00 bits per heavy atom. The Morgan fingerprint density at radius 2 is 1.38 bits per heavy atom. The van der Waals surface area contributed by atoms with Gasteiger partial charge in [0.2, 0.25) is 6.10 Å². The van der Waals surface area contributed by atoms with Crippen molar-refractivity contribution in [2.24, 2.45) is 0 Å². The molecule has 0 heterocycles. The zero-order valence-electron chi connectivity index (χ0n) is 14.5. The number of hydrogen-bond donors (Lipinski definition) is 1. The molecule has 1 amide bonds. The molecule has 4 rings (SSSR count). The van der Waals surface area contributed by atoms with Crippen LogP contribution in [0.2, 0.25) is 0 Å². The van der Waals surface area contributed by atoms with E-state index < -0.39 is 6.10 Å². The summed E-state index contributed by atoms with van der Waals surface area (Å²) in [6, 6.07) is 28.0. The molecule has 0 saturated heterocycles. The summed E-state index contributed by atoms with van der Waals surface area (Å²) < 4.78 is 6.07. The SMILES string of the molecule is O=C(NC1CC1)[C@@H](Oc1ccc(-c2ccccc2)cc1)c1ccccc1. The number of carbonyl (C=O) groups excluding carboxylic acids is 1. The van der Waals surface area contributed by atoms with Crippen molar-refractivity contribution in [2.75, 3.05) is 0 Å². The standard InChI is InChI=1S/C23H21NO2/c25-23(24-20-13-14-20)22(19-9-5-2-6-10-19)26-21-15-11-18(12-16-21)17-7-3-1-4-8-17/h1-12,15-16,20,22H,13-14H2,(H,24,25)/t22-/m0/s1. The predicted molar refractivity (Wildman–Crippen MR) is 103 cm³/mol. The average Bonchev–Trinajstić information content (AvgIpc) is 3.52. The van der Waals surface area contributed by atoms with E-state index in [2.05, 4.69) is 17.4 Å². The van der Waals surface area contributed by atoms with Gasteiger partial charge in [0.05, 0.1) is 0 Å². The number of rotatable bonds is 6. The van der Waals surface area contributed by atoms with E-state index in [9.17, 15) is 4.79 Å². The fraction of sp³-hybridized carbons (Fsp3) is 0.174. The van der Waals surface area contributed by atoms with Crippen LogP contribution in [0.3, 0.4) is 0 Å². The average molecular weight is 343 g/mol. The van der Waals surface area contributed by atoms with E-state index in [0.717, 1.165) is 29.5 Å². The zero-order chi connectivity index (χ0) is 17.8. The molecule has 0 bridgehead atoms. The molecule has 0 aliphatic heterocycles. The lowest BCUT2D eigenvalue weighted by molar-refractivity contribution is -0.128. The summed E-state index contributed by atoms with van der Waals surface area (Å²) >= 11 is 0. The minimum atomic E-state index is -0.639. The van der Waals surface area contributed by atoms with E-state index in [1.165, 1.54) is 0 Å². The second-order valence-electron chi connectivity index (χ2n) is 6.58. The normalized spacial score (nSPS) is 14.5. The van der Waals surface area contributed by atoms with Crippen LogP contribution in [0.1, 0.15) is 24.5 Å². The molecule has 1 atom stereocenters. The van der Waals surface area contributed by atoms with Crippen LogP contribution in [0.5, 0.6) is 5.75 Å². The molecule has 3 aromatic carbocycles. The smallest absolute Gasteiger partial charge is 0.266 e. The van der Waals surface area contributed by atoms with Crippen LogP contribution in [0.15, 0.2) is 84.9 Å². The van der Waals surface area contributed by atoms with Crippen molar-refractivity contribution in [2.45, 2.75) is 25.0 Å². The maximum Gasteiger partial charge on any atom is 0.266 e. The van der Waals surface area contributed by atoms with Gasteiger partial charge in [-0.1, -0.05) is 72.8 Å². The molecule has 0 radical (unpaired) electrons. The summed E-state index contributed by atoms with van der Waals surface area (Å²) in [6.45, 7) is 0. The lowest BCUT2D eigenvalue weighted by Gasteiger charge is -2.19. The molecule has 1 saturated carbocycles. The molecule has 130 valence electrons. The molecule has 0 unspecified atom stereocenters. The largest absolute Gasteiger partial charge is 0.476 e. The highest BCUT2D eigenvalue weighted by Gasteiger charge is 2.29. The number of ether oxygens (including phenoxy) is 1. The predicted octanol–water partition coefficient (Wildman–Crippen LogP) is 4.75. The molecule has 3 heteroatoms. The lowest BCUT2D eigenvalue weighted by atomic mass is 10.1. The third-order valence-electron chi connectivity index (χ3n) is 4.48.